The van der Waals surface area contributed by atoms with Crippen LogP contribution in [0.4, 0.5) is 10.1 Å². The lowest BCUT2D eigenvalue weighted by Crippen LogP contribution is -2.63. The number of hydrogen-bond acceptors (Lipinski definition) is 5. The van der Waals surface area contributed by atoms with Crippen molar-refractivity contribution in [2.24, 2.45) is 0 Å². The van der Waals surface area contributed by atoms with E-state index in [0.29, 0.717) is 18.9 Å². The van der Waals surface area contributed by atoms with Gasteiger partial charge in [0.15, 0.2) is 0 Å². The molecular weight excluding hydrogens is 319 g/mol. The Morgan fingerprint density at radius 3 is 2.68 bits per heavy atom. The van der Waals surface area contributed by atoms with E-state index in [1.54, 1.807) is 6.07 Å². The van der Waals surface area contributed by atoms with Crippen molar-refractivity contribution in [2.75, 3.05) is 25.6 Å². The summed E-state index contributed by atoms with van der Waals surface area (Å²) in [7, 11) is 1.83. The lowest BCUT2D eigenvalue weighted by atomic mass is 9.95. The van der Waals surface area contributed by atoms with Gasteiger partial charge in [-0.05, 0) is 31.5 Å². The molecule has 0 bridgehead atoms. The normalized spacial score (nSPS) is 17.4. The van der Waals surface area contributed by atoms with Crippen LogP contribution in [0.15, 0.2) is 29.6 Å². The highest BCUT2D eigenvalue weighted by molar-refractivity contribution is 5.54. The second-order valence-electron chi connectivity index (χ2n) is 6.04. The predicted molar refractivity (Wildman–Crippen MR) is 96.1 cm³/mol. The third-order valence-electron chi connectivity index (χ3n) is 4.33. The van der Waals surface area contributed by atoms with Gasteiger partial charge in [0, 0.05) is 18.4 Å². The van der Waals surface area contributed by atoms with Gasteiger partial charge in [0.25, 0.3) is 0 Å². The highest BCUT2D eigenvalue weighted by Gasteiger charge is 2.39. The van der Waals surface area contributed by atoms with Crippen molar-refractivity contribution in [3.8, 4) is 18.4 Å². The number of benzene rings is 1. The second-order valence-corrected chi connectivity index (χ2v) is 6.04. The van der Waals surface area contributed by atoms with Crippen LogP contribution in [0.1, 0.15) is 25.8 Å². The molecule has 0 radical (unpaired) electrons. The van der Waals surface area contributed by atoms with Crippen molar-refractivity contribution in [2.45, 2.75) is 31.8 Å². The highest BCUT2D eigenvalue weighted by atomic mass is 19.1. The Morgan fingerprint density at radius 2 is 2.20 bits per heavy atom. The van der Waals surface area contributed by atoms with Gasteiger partial charge in [0.2, 0.25) is 0 Å². The molecule has 1 aliphatic rings. The molecule has 1 heterocycles. The zero-order valence-corrected chi connectivity index (χ0v) is 14.7. The minimum atomic E-state index is -0.535. The van der Waals surface area contributed by atoms with Gasteiger partial charge in [-0.25, -0.2) is 4.39 Å². The van der Waals surface area contributed by atoms with E-state index < -0.39 is 11.4 Å². The summed E-state index contributed by atoms with van der Waals surface area (Å²) in [5, 5.41) is 18.9. The second kappa shape index (κ2) is 8.02. The largest absolute Gasteiger partial charge is 0.390 e. The average molecular weight is 342 g/mol. The number of terminal acetylenes is 1. The Balaban J connectivity index is 2.30. The summed E-state index contributed by atoms with van der Waals surface area (Å²) < 4.78 is 18.8. The Hall–Kier alpha value is -2.54. The van der Waals surface area contributed by atoms with E-state index in [1.807, 2.05) is 20.0 Å². The molecule has 1 fully saturated rings. The fraction of sp³-hybridized carbons (Fsp3) is 0.421. The summed E-state index contributed by atoms with van der Waals surface area (Å²) in [4.78, 5) is 0. The molecule has 132 valence electrons. The van der Waals surface area contributed by atoms with Gasteiger partial charge in [-0.15, -0.1) is 6.42 Å². The quantitative estimate of drug-likeness (QED) is 0.664. The topological polar surface area (TPSA) is 69.1 Å². The number of nitriles is 1. The Labute approximate surface area is 148 Å². The highest BCUT2D eigenvalue weighted by Crippen LogP contribution is 2.23. The standard InChI is InChI=1S/C19H23FN4O/c1-5-17(24-19(6-2)11-25-12-19)18(13(3)22-4)23-15-7-8-16(20)14(9-15)10-21/h2,7-9,17,22-24H,5,11-12H2,1,3-4H3/b18-13-/t17-/m1/s1. The van der Waals surface area contributed by atoms with Crippen LogP contribution in [-0.2, 0) is 4.74 Å². The molecule has 0 aromatic heterocycles. The average Bonchev–Trinajstić information content (AvgIpc) is 2.60. The minimum absolute atomic E-state index is 0.0000404. The molecule has 0 unspecified atom stereocenters. The lowest BCUT2D eigenvalue weighted by molar-refractivity contribution is -0.0460. The number of hydrogen-bond donors (Lipinski definition) is 3. The first-order valence-corrected chi connectivity index (χ1v) is 8.17. The molecule has 1 atom stereocenters. The maximum atomic E-state index is 13.6. The SMILES string of the molecule is C#CC1(N[C@H](CC)/C(Nc2ccc(F)c(C#N)c2)=C(\C)NC)COC1. The van der Waals surface area contributed by atoms with Gasteiger partial charge in [-0.3, -0.25) is 5.32 Å². The maximum absolute atomic E-state index is 13.6. The third kappa shape index (κ3) is 4.11. The number of ether oxygens (including phenoxy) is 1. The zero-order valence-electron chi connectivity index (χ0n) is 14.7. The lowest BCUT2D eigenvalue weighted by Gasteiger charge is -2.41. The van der Waals surface area contributed by atoms with Crippen LogP contribution < -0.4 is 16.0 Å². The molecular formula is C19H23FN4O. The number of halogens is 1. The molecule has 1 aromatic rings. The van der Waals surface area contributed by atoms with E-state index in [0.717, 1.165) is 17.8 Å². The summed E-state index contributed by atoms with van der Waals surface area (Å²) in [5.41, 5.74) is 1.99. The van der Waals surface area contributed by atoms with E-state index in [4.69, 9.17) is 16.4 Å². The van der Waals surface area contributed by atoms with Crippen molar-refractivity contribution in [3.05, 3.63) is 41.0 Å². The fourth-order valence-corrected chi connectivity index (χ4v) is 2.65. The molecule has 3 N–H and O–H groups in total. The number of rotatable bonds is 7. The first-order chi connectivity index (χ1) is 12.0. The van der Waals surface area contributed by atoms with Crippen molar-refractivity contribution < 1.29 is 9.13 Å². The molecule has 5 nitrogen and oxygen atoms in total. The first-order valence-electron chi connectivity index (χ1n) is 8.17. The van der Waals surface area contributed by atoms with E-state index in [1.165, 1.54) is 12.1 Å². The smallest absolute Gasteiger partial charge is 0.141 e. The van der Waals surface area contributed by atoms with E-state index in [2.05, 4.69) is 28.8 Å². The van der Waals surface area contributed by atoms with E-state index in [-0.39, 0.29) is 11.6 Å². The number of anilines is 1. The van der Waals surface area contributed by atoms with Crippen molar-refractivity contribution in [1.29, 1.82) is 5.26 Å². The number of nitrogens with zero attached hydrogens (tertiary/aromatic N) is 1. The Kier molecular flexibility index (Phi) is 6.03. The molecule has 6 heteroatoms. The van der Waals surface area contributed by atoms with Crippen LogP contribution in [-0.4, -0.2) is 31.8 Å². The van der Waals surface area contributed by atoms with Crippen LogP contribution in [0.25, 0.3) is 0 Å². The summed E-state index contributed by atoms with van der Waals surface area (Å²) in [6, 6.07) is 6.19. The minimum Gasteiger partial charge on any atom is -0.390 e. The van der Waals surface area contributed by atoms with Crippen LogP contribution in [0.3, 0.4) is 0 Å². The zero-order chi connectivity index (χ0) is 18.4. The van der Waals surface area contributed by atoms with Crippen molar-refractivity contribution >= 4 is 5.69 Å². The van der Waals surface area contributed by atoms with Gasteiger partial charge < -0.3 is 15.4 Å². The van der Waals surface area contributed by atoms with Gasteiger partial charge in [-0.2, -0.15) is 5.26 Å². The van der Waals surface area contributed by atoms with Crippen molar-refractivity contribution in [3.63, 3.8) is 0 Å². The first kappa shape index (κ1) is 18.8. The third-order valence-corrected chi connectivity index (χ3v) is 4.33. The monoisotopic (exact) mass is 342 g/mol. The number of allylic oxidation sites excluding steroid dienone is 1. The molecule has 0 aliphatic carbocycles. The molecule has 1 aliphatic heterocycles. The molecule has 0 saturated carbocycles. The Bertz CT molecular complexity index is 741. The summed E-state index contributed by atoms with van der Waals surface area (Å²) >= 11 is 0. The molecule has 0 spiro atoms. The van der Waals surface area contributed by atoms with Crippen LogP contribution in [0.2, 0.25) is 0 Å². The van der Waals surface area contributed by atoms with Gasteiger partial charge in [-0.1, -0.05) is 12.8 Å². The molecule has 25 heavy (non-hydrogen) atoms. The molecule has 2 rings (SSSR count). The molecule has 0 amide bonds. The molecule has 1 aromatic carbocycles. The van der Waals surface area contributed by atoms with Gasteiger partial charge in [0.1, 0.15) is 17.4 Å². The summed E-state index contributed by atoms with van der Waals surface area (Å²) in [5.74, 6) is 2.25. The Morgan fingerprint density at radius 1 is 1.48 bits per heavy atom. The summed E-state index contributed by atoms with van der Waals surface area (Å²) in [6.45, 7) is 4.95. The van der Waals surface area contributed by atoms with E-state index >= 15 is 0 Å². The van der Waals surface area contributed by atoms with E-state index in [9.17, 15) is 4.39 Å². The number of nitrogens with one attached hydrogen (secondary N) is 3. The van der Waals surface area contributed by atoms with Gasteiger partial charge >= 0.3 is 0 Å². The van der Waals surface area contributed by atoms with Crippen LogP contribution >= 0.6 is 0 Å². The van der Waals surface area contributed by atoms with Crippen LogP contribution in [0, 0.1) is 29.5 Å². The predicted octanol–water partition coefficient (Wildman–Crippen LogP) is 2.33. The van der Waals surface area contributed by atoms with Crippen LogP contribution in [0.5, 0.6) is 0 Å². The fourth-order valence-electron chi connectivity index (χ4n) is 2.65. The van der Waals surface area contributed by atoms with Crippen molar-refractivity contribution in [1.82, 2.24) is 10.6 Å². The maximum Gasteiger partial charge on any atom is 0.141 e. The van der Waals surface area contributed by atoms with Gasteiger partial charge in [0.05, 0.1) is 30.5 Å². The summed E-state index contributed by atoms with van der Waals surface area (Å²) in [6.07, 6.45) is 6.45. The molecule has 1 saturated heterocycles.